The molecular formula is C21H26N4O2. The van der Waals surface area contributed by atoms with Crippen molar-refractivity contribution in [1.29, 1.82) is 5.26 Å². The summed E-state index contributed by atoms with van der Waals surface area (Å²) in [6, 6.07) is 15.3. The molecule has 142 valence electrons. The van der Waals surface area contributed by atoms with Crippen LogP contribution in [0.4, 0.5) is 0 Å². The molecule has 1 atom stereocenters. The van der Waals surface area contributed by atoms with Crippen molar-refractivity contribution < 1.29 is 9.47 Å². The van der Waals surface area contributed by atoms with E-state index in [0.29, 0.717) is 18.1 Å². The first kappa shape index (κ1) is 20.1. The summed E-state index contributed by atoms with van der Waals surface area (Å²) < 4.78 is 10.8. The molecule has 27 heavy (non-hydrogen) atoms. The topological polar surface area (TPSA) is 78.7 Å². The molecule has 0 saturated heterocycles. The Hall–Kier alpha value is -3.20. The van der Waals surface area contributed by atoms with Gasteiger partial charge in [0.05, 0.1) is 38.4 Å². The quantitative estimate of drug-likeness (QED) is 0.580. The zero-order valence-corrected chi connectivity index (χ0v) is 16.2. The molecule has 6 heteroatoms. The Labute approximate surface area is 160 Å². The van der Waals surface area contributed by atoms with E-state index < -0.39 is 0 Å². The first-order valence-electron chi connectivity index (χ1n) is 8.87. The van der Waals surface area contributed by atoms with Crippen LogP contribution in [0.5, 0.6) is 11.5 Å². The van der Waals surface area contributed by atoms with Gasteiger partial charge in [0.1, 0.15) is 11.5 Å². The second kappa shape index (κ2) is 10.1. The van der Waals surface area contributed by atoms with E-state index in [9.17, 15) is 0 Å². The average molecular weight is 366 g/mol. The molecule has 2 aromatic carbocycles. The smallest absolute Gasteiger partial charge is 0.192 e. The summed E-state index contributed by atoms with van der Waals surface area (Å²) in [5, 5.41) is 15.7. The molecule has 2 aromatic rings. The minimum Gasteiger partial charge on any atom is -0.497 e. The number of nitrogens with one attached hydrogen (secondary N) is 2. The molecule has 2 rings (SSSR count). The Bertz CT molecular complexity index is 827. The highest BCUT2D eigenvalue weighted by Gasteiger charge is 2.14. The molecule has 1 unspecified atom stereocenters. The van der Waals surface area contributed by atoms with Gasteiger partial charge in [-0.1, -0.05) is 12.1 Å². The molecule has 0 spiro atoms. The molecular weight excluding hydrogens is 340 g/mol. The fourth-order valence-corrected chi connectivity index (χ4v) is 2.69. The molecule has 0 aliphatic carbocycles. The number of rotatable bonds is 7. The maximum atomic E-state index is 9.03. The highest BCUT2D eigenvalue weighted by molar-refractivity contribution is 5.80. The molecule has 2 N–H and O–H groups in total. The predicted octanol–water partition coefficient (Wildman–Crippen LogP) is 3.39. The third-order valence-electron chi connectivity index (χ3n) is 4.08. The summed E-state index contributed by atoms with van der Waals surface area (Å²) in [7, 11) is 3.30. The van der Waals surface area contributed by atoms with E-state index in [-0.39, 0.29) is 6.04 Å². The number of methoxy groups -OCH3 is 2. The van der Waals surface area contributed by atoms with Crippen LogP contribution in [0.25, 0.3) is 0 Å². The van der Waals surface area contributed by atoms with Crippen LogP contribution in [-0.4, -0.2) is 26.7 Å². The van der Waals surface area contributed by atoms with Crippen molar-refractivity contribution >= 4 is 5.96 Å². The number of guanidine groups is 1. The zero-order valence-electron chi connectivity index (χ0n) is 16.2. The van der Waals surface area contributed by atoms with Crippen molar-refractivity contribution in [3.05, 3.63) is 59.2 Å². The average Bonchev–Trinajstić information content (AvgIpc) is 2.71. The van der Waals surface area contributed by atoms with E-state index in [2.05, 4.69) is 21.7 Å². The maximum absolute atomic E-state index is 9.03. The highest BCUT2D eigenvalue weighted by Crippen LogP contribution is 2.29. The van der Waals surface area contributed by atoms with Crippen molar-refractivity contribution in [3.63, 3.8) is 0 Å². The molecule has 0 fully saturated rings. The summed E-state index contributed by atoms with van der Waals surface area (Å²) in [6.07, 6.45) is 0. The predicted molar refractivity (Wildman–Crippen MR) is 107 cm³/mol. The van der Waals surface area contributed by atoms with Gasteiger partial charge in [-0.15, -0.1) is 0 Å². The van der Waals surface area contributed by atoms with E-state index >= 15 is 0 Å². The van der Waals surface area contributed by atoms with Gasteiger partial charge in [0, 0.05) is 12.1 Å². The minimum absolute atomic E-state index is 0.0432. The summed E-state index contributed by atoms with van der Waals surface area (Å²) in [6.45, 7) is 5.28. The number of hydrogen-bond donors (Lipinski definition) is 2. The number of hydrogen-bond acceptors (Lipinski definition) is 4. The molecule has 0 amide bonds. The van der Waals surface area contributed by atoms with E-state index in [0.717, 1.165) is 29.2 Å². The maximum Gasteiger partial charge on any atom is 0.192 e. The molecule has 0 saturated carbocycles. The van der Waals surface area contributed by atoms with Crippen LogP contribution in [0.1, 0.15) is 36.6 Å². The Morgan fingerprint density at radius 1 is 1.19 bits per heavy atom. The Morgan fingerprint density at radius 2 is 2.00 bits per heavy atom. The van der Waals surface area contributed by atoms with Crippen molar-refractivity contribution in [1.82, 2.24) is 10.6 Å². The van der Waals surface area contributed by atoms with Gasteiger partial charge in [0.25, 0.3) is 0 Å². The van der Waals surface area contributed by atoms with E-state index in [4.69, 9.17) is 14.7 Å². The van der Waals surface area contributed by atoms with Crippen LogP contribution in [0.3, 0.4) is 0 Å². The van der Waals surface area contributed by atoms with Crippen LogP contribution >= 0.6 is 0 Å². The summed E-state index contributed by atoms with van der Waals surface area (Å²) in [4.78, 5) is 4.64. The lowest BCUT2D eigenvalue weighted by Gasteiger charge is -2.20. The van der Waals surface area contributed by atoms with E-state index in [1.165, 1.54) is 0 Å². The SMILES string of the molecule is CCNC(=NCc1cccc(C#N)c1)NC(C)c1cc(OC)ccc1OC. The second-order valence-electron chi connectivity index (χ2n) is 5.98. The van der Waals surface area contributed by atoms with Crippen molar-refractivity contribution in [2.75, 3.05) is 20.8 Å². The molecule has 0 radical (unpaired) electrons. The van der Waals surface area contributed by atoms with Crippen LogP contribution in [-0.2, 0) is 6.54 Å². The van der Waals surface area contributed by atoms with Gasteiger partial charge < -0.3 is 20.1 Å². The number of benzene rings is 2. The lowest BCUT2D eigenvalue weighted by Crippen LogP contribution is -2.38. The highest BCUT2D eigenvalue weighted by atomic mass is 16.5. The Morgan fingerprint density at radius 3 is 2.67 bits per heavy atom. The fourth-order valence-electron chi connectivity index (χ4n) is 2.69. The van der Waals surface area contributed by atoms with Crippen LogP contribution < -0.4 is 20.1 Å². The number of nitrogens with zero attached hydrogens (tertiary/aromatic N) is 2. The van der Waals surface area contributed by atoms with Gasteiger partial charge in [-0.25, -0.2) is 4.99 Å². The van der Waals surface area contributed by atoms with Gasteiger partial charge in [0.15, 0.2) is 5.96 Å². The zero-order chi connectivity index (χ0) is 19.6. The summed E-state index contributed by atoms with van der Waals surface area (Å²) >= 11 is 0. The third-order valence-corrected chi connectivity index (χ3v) is 4.08. The van der Waals surface area contributed by atoms with E-state index in [1.807, 2.05) is 50.2 Å². The molecule has 0 heterocycles. The van der Waals surface area contributed by atoms with E-state index in [1.54, 1.807) is 20.3 Å². The Balaban J connectivity index is 2.18. The van der Waals surface area contributed by atoms with Gasteiger partial charge in [-0.3, -0.25) is 0 Å². The standard InChI is InChI=1S/C21H26N4O2/c1-5-23-21(24-14-17-8-6-7-16(11-17)13-22)25-15(2)19-12-18(26-3)9-10-20(19)27-4/h6-12,15H,5,14H2,1-4H3,(H2,23,24,25). The first-order chi connectivity index (χ1) is 13.1. The molecule has 0 aliphatic heterocycles. The third kappa shape index (κ3) is 5.65. The molecule has 0 aromatic heterocycles. The van der Waals surface area contributed by atoms with Crippen molar-refractivity contribution in [2.45, 2.75) is 26.4 Å². The lowest BCUT2D eigenvalue weighted by atomic mass is 10.1. The van der Waals surface area contributed by atoms with Gasteiger partial charge in [-0.05, 0) is 49.7 Å². The number of nitriles is 1. The first-order valence-corrected chi connectivity index (χ1v) is 8.87. The van der Waals surface area contributed by atoms with Crippen molar-refractivity contribution in [2.24, 2.45) is 4.99 Å². The number of aliphatic imine (C=N–C) groups is 1. The van der Waals surface area contributed by atoms with Crippen molar-refractivity contribution in [3.8, 4) is 17.6 Å². The summed E-state index contributed by atoms with van der Waals surface area (Å²) in [5.41, 5.74) is 2.60. The molecule has 0 aliphatic rings. The van der Waals surface area contributed by atoms with Gasteiger partial charge in [-0.2, -0.15) is 5.26 Å². The second-order valence-corrected chi connectivity index (χ2v) is 5.98. The lowest BCUT2D eigenvalue weighted by molar-refractivity contribution is 0.394. The largest absolute Gasteiger partial charge is 0.497 e. The molecule has 6 nitrogen and oxygen atoms in total. The number of ether oxygens (including phenoxy) is 2. The van der Waals surface area contributed by atoms with Crippen LogP contribution in [0.2, 0.25) is 0 Å². The fraction of sp³-hybridized carbons (Fsp3) is 0.333. The van der Waals surface area contributed by atoms with Gasteiger partial charge in [0.2, 0.25) is 0 Å². The monoisotopic (exact) mass is 366 g/mol. The Kier molecular flexibility index (Phi) is 7.50. The minimum atomic E-state index is -0.0432. The van der Waals surface area contributed by atoms with Gasteiger partial charge >= 0.3 is 0 Å². The summed E-state index contributed by atoms with van der Waals surface area (Å²) in [5.74, 6) is 2.25. The van der Waals surface area contributed by atoms with Crippen LogP contribution in [0, 0.1) is 11.3 Å². The molecule has 0 bridgehead atoms. The van der Waals surface area contributed by atoms with Crippen LogP contribution in [0.15, 0.2) is 47.5 Å². The normalized spacial score (nSPS) is 12.0.